The number of aryl methyl sites for hydroxylation is 2. The first kappa shape index (κ1) is 22.3. The summed E-state index contributed by atoms with van der Waals surface area (Å²) in [6.07, 6.45) is -2.95. The summed E-state index contributed by atoms with van der Waals surface area (Å²) in [6, 6.07) is 11.0. The van der Waals surface area contributed by atoms with Gasteiger partial charge in [0.25, 0.3) is 12.9 Å². The monoisotopic (exact) mass is 480 g/mol. The van der Waals surface area contributed by atoms with E-state index < -0.39 is 24.5 Å². The summed E-state index contributed by atoms with van der Waals surface area (Å²) in [6.45, 7) is 3.90. The maximum absolute atomic E-state index is 12.8. The van der Waals surface area contributed by atoms with Crippen molar-refractivity contribution in [3.05, 3.63) is 71.8 Å². The molecular formula is C20H16F4N6S2. The van der Waals surface area contributed by atoms with Crippen LogP contribution < -0.4 is 0 Å². The van der Waals surface area contributed by atoms with Crippen LogP contribution in [0.15, 0.2) is 58.8 Å². The average Bonchev–Trinajstić information content (AvgIpc) is 3.44. The molecule has 0 saturated carbocycles. The molecule has 0 fully saturated rings. The van der Waals surface area contributed by atoms with Gasteiger partial charge in [-0.3, -0.25) is 0 Å². The van der Waals surface area contributed by atoms with Crippen LogP contribution in [0.3, 0.4) is 0 Å². The van der Waals surface area contributed by atoms with Crippen LogP contribution in [0, 0.1) is 13.8 Å². The van der Waals surface area contributed by atoms with Crippen molar-refractivity contribution in [1.29, 1.82) is 0 Å². The molecule has 2 heterocycles. The Labute approximate surface area is 188 Å². The van der Waals surface area contributed by atoms with Gasteiger partial charge in [-0.05, 0) is 49.2 Å². The van der Waals surface area contributed by atoms with Crippen molar-refractivity contribution in [1.82, 2.24) is 29.5 Å². The predicted octanol–water partition coefficient (Wildman–Crippen LogP) is 6.14. The van der Waals surface area contributed by atoms with E-state index in [2.05, 4.69) is 20.2 Å². The average molecular weight is 481 g/mol. The molecule has 166 valence electrons. The summed E-state index contributed by atoms with van der Waals surface area (Å²) in [5.74, 6) is -1.05. The minimum absolute atomic E-state index is 0.523. The predicted molar refractivity (Wildman–Crippen MR) is 114 cm³/mol. The van der Waals surface area contributed by atoms with Crippen molar-refractivity contribution >= 4 is 21.6 Å². The van der Waals surface area contributed by atoms with Crippen molar-refractivity contribution in [3.8, 4) is 11.4 Å². The molecule has 0 atom stereocenters. The molecule has 2 aromatic carbocycles. The van der Waals surface area contributed by atoms with Gasteiger partial charge in [-0.15, -0.1) is 10.2 Å². The molecule has 0 saturated heterocycles. The molecule has 0 aliphatic rings. The first-order valence-electron chi connectivity index (χ1n) is 9.28. The highest BCUT2D eigenvalue weighted by molar-refractivity contribution is 8.76. The largest absolute Gasteiger partial charge is 0.299 e. The van der Waals surface area contributed by atoms with Crippen LogP contribution in [0.25, 0.3) is 11.4 Å². The lowest BCUT2D eigenvalue weighted by Crippen LogP contribution is -1.97. The Bertz CT molecular complexity index is 1140. The summed E-state index contributed by atoms with van der Waals surface area (Å²) in [7, 11) is 2.98. The molecule has 2 aromatic heterocycles. The third-order valence-electron chi connectivity index (χ3n) is 4.50. The summed E-state index contributed by atoms with van der Waals surface area (Å²) in [4.78, 5) is 9.11. The quantitative estimate of drug-likeness (QED) is 0.234. The number of aromatic nitrogens is 6. The molecule has 0 aliphatic carbocycles. The Morgan fingerprint density at radius 3 is 1.44 bits per heavy atom. The smallest absolute Gasteiger partial charge is 0.221 e. The number of alkyl halides is 4. The fourth-order valence-electron chi connectivity index (χ4n) is 2.73. The molecule has 0 aliphatic heterocycles. The SMILES string of the molecule is Cc1ccc(-n2cnc(C(F)F)n2)cc1SSc1cc(-n2cnc(C(F)F)n2)ccc1C. The zero-order valence-corrected chi connectivity index (χ0v) is 18.4. The molecule has 12 heteroatoms. The minimum Gasteiger partial charge on any atom is -0.221 e. The third kappa shape index (κ3) is 4.80. The Balaban J connectivity index is 1.55. The van der Waals surface area contributed by atoms with E-state index in [4.69, 9.17) is 0 Å². The first-order chi connectivity index (χ1) is 15.3. The molecule has 0 amide bonds. The minimum atomic E-state index is -2.73. The normalized spacial score (nSPS) is 11.6. The fourth-order valence-corrected chi connectivity index (χ4v) is 5.26. The first-order valence-corrected chi connectivity index (χ1v) is 11.4. The Morgan fingerprint density at radius 1 is 0.688 bits per heavy atom. The standard InChI is InChI=1S/C20H16F4N6S2/c1-11-3-5-13(29-9-25-19(27-29)17(21)22)7-15(11)31-32-16-8-14(6-4-12(16)2)30-10-26-20(28-30)18(23)24/h3-10,17-18H,1-2H3. The van der Waals surface area contributed by atoms with Gasteiger partial charge in [-0.25, -0.2) is 36.9 Å². The van der Waals surface area contributed by atoms with E-state index in [1.165, 1.54) is 43.6 Å². The second-order valence-electron chi connectivity index (χ2n) is 6.76. The van der Waals surface area contributed by atoms with Crippen molar-refractivity contribution in [2.45, 2.75) is 36.5 Å². The van der Waals surface area contributed by atoms with E-state index in [1.54, 1.807) is 12.1 Å². The van der Waals surface area contributed by atoms with Gasteiger partial charge in [-0.2, -0.15) is 0 Å². The molecule has 0 unspecified atom stereocenters. The van der Waals surface area contributed by atoms with Gasteiger partial charge in [0.15, 0.2) is 0 Å². The van der Waals surface area contributed by atoms with Gasteiger partial charge < -0.3 is 0 Å². The van der Waals surface area contributed by atoms with Crippen molar-refractivity contribution < 1.29 is 17.6 Å². The molecule has 4 rings (SSSR count). The lowest BCUT2D eigenvalue weighted by molar-refractivity contribution is 0.140. The maximum Gasteiger partial charge on any atom is 0.299 e. The highest BCUT2D eigenvalue weighted by Crippen LogP contribution is 2.41. The van der Waals surface area contributed by atoms with E-state index in [9.17, 15) is 17.6 Å². The van der Waals surface area contributed by atoms with E-state index in [0.29, 0.717) is 11.4 Å². The zero-order chi connectivity index (χ0) is 22.8. The van der Waals surface area contributed by atoms with Crippen molar-refractivity contribution in [2.24, 2.45) is 0 Å². The van der Waals surface area contributed by atoms with E-state index in [0.717, 1.165) is 20.9 Å². The van der Waals surface area contributed by atoms with Crippen molar-refractivity contribution in [2.75, 3.05) is 0 Å². The number of benzene rings is 2. The highest BCUT2D eigenvalue weighted by atomic mass is 33.1. The highest BCUT2D eigenvalue weighted by Gasteiger charge is 2.15. The van der Waals surface area contributed by atoms with Crippen LogP contribution >= 0.6 is 21.6 Å². The number of nitrogens with zero attached hydrogens (tertiary/aromatic N) is 6. The van der Waals surface area contributed by atoms with Crippen LogP contribution in [-0.2, 0) is 0 Å². The summed E-state index contributed by atoms with van der Waals surface area (Å²) >= 11 is 0. The molecular weight excluding hydrogens is 464 g/mol. The molecule has 0 bridgehead atoms. The van der Waals surface area contributed by atoms with Gasteiger partial charge in [0.1, 0.15) is 12.7 Å². The fraction of sp³-hybridized carbons (Fsp3) is 0.200. The van der Waals surface area contributed by atoms with Crippen LogP contribution in [0.4, 0.5) is 17.6 Å². The van der Waals surface area contributed by atoms with Crippen LogP contribution in [-0.4, -0.2) is 29.5 Å². The van der Waals surface area contributed by atoms with Gasteiger partial charge in [-0.1, -0.05) is 33.7 Å². The molecule has 0 N–H and O–H groups in total. The lowest BCUT2D eigenvalue weighted by Gasteiger charge is -2.11. The molecule has 0 radical (unpaired) electrons. The van der Waals surface area contributed by atoms with E-state index in [-0.39, 0.29) is 0 Å². The molecule has 6 nitrogen and oxygen atoms in total. The van der Waals surface area contributed by atoms with Gasteiger partial charge in [0.05, 0.1) is 11.4 Å². The number of hydrogen-bond donors (Lipinski definition) is 0. The van der Waals surface area contributed by atoms with Crippen LogP contribution in [0.2, 0.25) is 0 Å². The summed E-state index contributed by atoms with van der Waals surface area (Å²) < 4.78 is 53.8. The third-order valence-corrected chi connectivity index (χ3v) is 7.15. The zero-order valence-electron chi connectivity index (χ0n) is 16.8. The van der Waals surface area contributed by atoms with Crippen LogP contribution in [0.1, 0.15) is 35.6 Å². The lowest BCUT2D eigenvalue weighted by atomic mass is 10.2. The Morgan fingerprint density at radius 2 is 1.09 bits per heavy atom. The van der Waals surface area contributed by atoms with Crippen molar-refractivity contribution in [3.63, 3.8) is 0 Å². The molecule has 32 heavy (non-hydrogen) atoms. The van der Waals surface area contributed by atoms with Gasteiger partial charge >= 0.3 is 0 Å². The van der Waals surface area contributed by atoms with Crippen LogP contribution in [0.5, 0.6) is 0 Å². The topological polar surface area (TPSA) is 61.4 Å². The summed E-state index contributed by atoms with van der Waals surface area (Å²) in [5.41, 5.74) is 3.25. The number of hydrogen-bond acceptors (Lipinski definition) is 6. The van der Waals surface area contributed by atoms with Gasteiger partial charge in [0.2, 0.25) is 11.6 Å². The Hall–Kier alpha value is -2.86. The van der Waals surface area contributed by atoms with E-state index in [1.807, 2.05) is 38.1 Å². The molecule has 0 spiro atoms. The number of rotatable bonds is 7. The second kappa shape index (κ2) is 9.33. The summed E-state index contributed by atoms with van der Waals surface area (Å²) in [5, 5.41) is 7.63. The number of halogens is 4. The van der Waals surface area contributed by atoms with Gasteiger partial charge in [0, 0.05) is 9.79 Å². The van der Waals surface area contributed by atoms with E-state index >= 15 is 0 Å². The second-order valence-corrected chi connectivity index (χ2v) is 8.98. The Kier molecular flexibility index (Phi) is 6.51. The molecule has 4 aromatic rings. The maximum atomic E-state index is 12.8.